The molecule has 0 radical (unpaired) electrons. The van der Waals surface area contributed by atoms with E-state index in [1.807, 2.05) is 4.90 Å². The lowest BCUT2D eigenvalue weighted by Crippen LogP contribution is -2.35. The van der Waals surface area contributed by atoms with Crippen LogP contribution in [0.15, 0.2) is 36.5 Å². The zero-order valence-electron chi connectivity index (χ0n) is 14.3. The molecule has 1 aliphatic heterocycles. The van der Waals surface area contributed by atoms with Crippen LogP contribution in [0.25, 0.3) is 0 Å². The van der Waals surface area contributed by atoms with Crippen LogP contribution in [0, 0.1) is 5.82 Å². The van der Waals surface area contributed by atoms with Crippen LogP contribution in [0.3, 0.4) is 0 Å². The van der Waals surface area contributed by atoms with E-state index >= 15 is 0 Å². The summed E-state index contributed by atoms with van der Waals surface area (Å²) in [7, 11) is 1.44. The fourth-order valence-corrected chi connectivity index (χ4v) is 2.95. The van der Waals surface area contributed by atoms with E-state index in [-0.39, 0.29) is 11.7 Å². The second kappa shape index (κ2) is 7.96. The molecule has 1 fully saturated rings. The minimum absolute atomic E-state index is 0.0423. The predicted molar refractivity (Wildman–Crippen MR) is 94.3 cm³/mol. The number of nitrogens with one attached hydrogen (secondary N) is 1. The highest BCUT2D eigenvalue weighted by Gasteiger charge is 2.18. The molecule has 0 unspecified atom stereocenters. The molecule has 2 aromatic rings. The Morgan fingerprint density at radius 3 is 2.76 bits per heavy atom. The van der Waals surface area contributed by atoms with Crippen LogP contribution in [-0.4, -0.2) is 36.0 Å². The first kappa shape index (κ1) is 17.2. The van der Waals surface area contributed by atoms with E-state index in [9.17, 15) is 9.18 Å². The lowest BCUT2D eigenvalue weighted by atomic mass is 10.1. The normalized spacial score (nSPS) is 14.2. The molecule has 132 valence electrons. The second-order valence-corrected chi connectivity index (χ2v) is 6.11. The van der Waals surface area contributed by atoms with Crippen LogP contribution >= 0.6 is 0 Å². The molecule has 1 aliphatic rings. The summed E-state index contributed by atoms with van der Waals surface area (Å²) in [6.45, 7) is 2.04. The van der Waals surface area contributed by atoms with Crippen LogP contribution in [0.4, 0.5) is 10.2 Å². The molecule has 0 aliphatic carbocycles. The number of benzene rings is 1. The number of piperidine rings is 1. The minimum atomic E-state index is -0.399. The Bertz CT molecular complexity index is 745. The molecular weight excluding hydrogens is 321 g/mol. The smallest absolute Gasteiger partial charge is 0.254 e. The molecule has 1 N–H and O–H groups in total. The molecule has 0 bridgehead atoms. The standard InChI is InChI=1S/C19H22FN3O2/c1-25-17-6-5-14(11-16(17)20)13-22-18-12-15(7-8-21-18)19(24)23-9-3-2-4-10-23/h5-8,11-12H,2-4,9-10,13H2,1H3,(H,21,22). The van der Waals surface area contributed by atoms with Crippen LogP contribution < -0.4 is 10.1 Å². The van der Waals surface area contributed by atoms with Gasteiger partial charge in [0.15, 0.2) is 11.6 Å². The van der Waals surface area contributed by atoms with Crippen molar-refractivity contribution in [1.29, 1.82) is 0 Å². The highest BCUT2D eigenvalue weighted by molar-refractivity contribution is 5.94. The summed E-state index contributed by atoms with van der Waals surface area (Å²) in [6, 6.07) is 8.29. The van der Waals surface area contributed by atoms with Gasteiger partial charge in [-0.25, -0.2) is 9.37 Å². The number of nitrogens with zero attached hydrogens (tertiary/aromatic N) is 2. The van der Waals surface area contributed by atoms with Gasteiger partial charge in [0, 0.05) is 31.4 Å². The first-order valence-electron chi connectivity index (χ1n) is 8.49. The van der Waals surface area contributed by atoms with E-state index in [4.69, 9.17) is 4.74 Å². The number of halogens is 1. The summed E-state index contributed by atoms with van der Waals surface area (Å²) in [5, 5.41) is 3.13. The average Bonchev–Trinajstić information content (AvgIpc) is 2.67. The Kier molecular flexibility index (Phi) is 5.48. The zero-order valence-corrected chi connectivity index (χ0v) is 14.3. The molecule has 1 saturated heterocycles. The van der Waals surface area contributed by atoms with Gasteiger partial charge in [0.1, 0.15) is 5.82 Å². The SMILES string of the molecule is COc1ccc(CNc2cc(C(=O)N3CCCCC3)ccn2)cc1F. The zero-order chi connectivity index (χ0) is 17.6. The molecular formula is C19H22FN3O2. The van der Waals surface area contributed by atoms with Gasteiger partial charge in [-0.1, -0.05) is 6.07 Å². The van der Waals surface area contributed by atoms with E-state index in [1.54, 1.807) is 30.5 Å². The minimum Gasteiger partial charge on any atom is -0.494 e. The van der Waals surface area contributed by atoms with Crippen LogP contribution in [0.1, 0.15) is 35.2 Å². The first-order valence-corrected chi connectivity index (χ1v) is 8.49. The number of aromatic nitrogens is 1. The topological polar surface area (TPSA) is 54.5 Å². The molecule has 1 aromatic heterocycles. The largest absolute Gasteiger partial charge is 0.494 e. The van der Waals surface area contributed by atoms with Gasteiger partial charge in [0.2, 0.25) is 0 Å². The molecule has 25 heavy (non-hydrogen) atoms. The third kappa shape index (κ3) is 4.26. The van der Waals surface area contributed by atoms with Crippen molar-refractivity contribution in [3.8, 4) is 5.75 Å². The quantitative estimate of drug-likeness (QED) is 0.903. The number of likely N-dealkylation sites (tertiary alicyclic amines) is 1. The van der Waals surface area contributed by atoms with Crippen molar-refractivity contribution in [3.63, 3.8) is 0 Å². The van der Waals surface area contributed by atoms with Gasteiger partial charge in [-0.3, -0.25) is 4.79 Å². The fourth-order valence-electron chi connectivity index (χ4n) is 2.95. The number of amides is 1. The van der Waals surface area contributed by atoms with Crippen molar-refractivity contribution in [2.24, 2.45) is 0 Å². The third-order valence-electron chi connectivity index (χ3n) is 4.34. The van der Waals surface area contributed by atoms with Gasteiger partial charge in [-0.2, -0.15) is 0 Å². The Morgan fingerprint density at radius 2 is 2.04 bits per heavy atom. The molecule has 1 amide bonds. The van der Waals surface area contributed by atoms with E-state index in [0.717, 1.165) is 31.5 Å². The second-order valence-electron chi connectivity index (χ2n) is 6.11. The van der Waals surface area contributed by atoms with Gasteiger partial charge in [0.25, 0.3) is 5.91 Å². The number of carbonyl (C=O) groups is 1. The van der Waals surface area contributed by atoms with Crippen molar-refractivity contribution in [3.05, 3.63) is 53.5 Å². The maximum atomic E-state index is 13.7. The number of hydrogen-bond donors (Lipinski definition) is 1. The van der Waals surface area contributed by atoms with Crippen molar-refractivity contribution in [1.82, 2.24) is 9.88 Å². The van der Waals surface area contributed by atoms with E-state index < -0.39 is 5.82 Å². The van der Waals surface area contributed by atoms with Crippen LogP contribution in [0.5, 0.6) is 5.75 Å². The summed E-state index contributed by atoms with van der Waals surface area (Å²) in [5.74, 6) is 0.458. The molecule has 0 atom stereocenters. The number of pyridine rings is 1. The number of anilines is 1. The summed E-state index contributed by atoms with van der Waals surface area (Å²) >= 11 is 0. The number of carbonyl (C=O) groups excluding carboxylic acids is 1. The Morgan fingerprint density at radius 1 is 1.24 bits per heavy atom. The highest BCUT2D eigenvalue weighted by atomic mass is 19.1. The average molecular weight is 343 g/mol. The first-order chi connectivity index (χ1) is 12.2. The molecule has 1 aromatic carbocycles. The van der Waals surface area contributed by atoms with Crippen LogP contribution in [0.2, 0.25) is 0 Å². The summed E-state index contributed by atoms with van der Waals surface area (Å²) < 4.78 is 18.6. The lowest BCUT2D eigenvalue weighted by Gasteiger charge is -2.26. The third-order valence-corrected chi connectivity index (χ3v) is 4.34. The van der Waals surface area contributed by atoms with Crippen molar-refractivity contribution < 1.29 is 13.9 Å². The predicted octanol–water partition coefficient (Wildman–Crippen LogP) is 3.47. The Labute approximate surface area is 146 Å². The van der Waals surface area contributed by atoms with E-state index in [2.05, 4.69) is 10.3 Å². The van der Waals surface area contributed by atoms with Crippen molar-refractivity contribution in [2.45, 2.75) is 25.8 Å². The van der Waals surface area contributed by atoms with E-state index in [1.165, 1.54) is 19.6 Å². The van der Waals surface area contributed by atoms with E-state index in [0.29, 0.717) is 17.9 Å². The highest BCUT2D eigenvalue weighted by Crippen LogP contribution is 2.19. The molecule has 0 spiro atoms. The van der Waals surface area contributed by atoms with Gasteiger partial charge < -0.3 is 15.0 Å². The Balaban J connectivity index is 1.65. The van der Waals surface area contributed by atoms with Crippen molar-refractivity contribution in [2.75, 3.05) is 25.5 Å². The number of hydrogen-bond acceptors (Lipinski definition) is 4. The van der Waals surface area contributed by atoms with Gasteiger partial charge >= 0.3 is 0 Å². The molecule has 2 heterocycles. The van der Waals surface area contributed by atoms with Crippen LogP contribution in [-0.2, 0) is 6.54 Å². The fraction of sp³-hybridized carbons (Fsp3) is 0.368. The summed E-state index contributed by atoms with van der Waals surface area (Å²) in [4.78, 5) is 18.7. The van der Waals surface area contributed by atoms with Crippen molar-refractivity contribution >= 4 is 11.7 Å². The molecule has 6 heteroatoms. The molecule has 0 saturated carbocycles. The lowest BCUT2D eigenvalue weighted by molar-refractivity contribution is 0.0724. The number of ether oxygens (including phenoxy) is 1. The maximum absolute atomic E-state index is 13.7. The molecule has 5 nitrogen and oxygen atoms in total. The van der Waals surface area contributed by atoms with Gasteiger partial charge in [-0.05, 0) is 49.1 Å². The summed E-state index contributed by atoms with van der Waals surface area (Å²) in [5.41, 5.74) is 1.40. The Hall–Kier alpha value is -2.63. The molecule has 3 rings (SSSR count). The van der Waals surface area contributed by atoms with Gasteiger partial charge in [0.05, 0.1) is 7.11 Å². The maximum Gasteiger partial charge on any atom is 0.254 e. The number of methoxy groups -OCH3 is 1. The number of rotatable bonds is 5. The summed E-state index contributed by atoms with van der Waals surface area (Å²) in [6.07, 6.45) is 4.93. The monoisotopic (exact) mass is 343 g/mol. The van der Waals surface area contributed by atoms with Gasteiger partial charge in [-0.15, -0.1) is 0 Å².